The maximum absolute atomic E-state index is 12.8. The third-order valence-electron chi connectivity index (χ3n) is 4.17. The molecule has 1 heterocycles. The van der Waals surface area contributed by atoms with E-state index in [-0.39, 0.29) is 0 Å². The van der Waals surface area contributed by atoms with Crippen LogP contribution in [0.1, 0.15) is 18.4 Å². The fourth-order valence-electron chi connectivity index (χ4n) is 2.86. The Bertz CT molecular complexity index is 574. The first-order valence-corrected chi connectivity index (χ1v) is 8.80. The lowest BCUT2D eigenvalue weighted by Crippen LogP contribution is -2.39. The Kier molecular flexibility index (Phi) is 5.37. The molecule has 1 aromatic carbocycles. The van der Waals surface area contributed by atoms with Crippen molar-refractivity contribution in [1.29, 1.82) is 0 Å². The molecule has 1 fully saturated rings. The van der Waals surface area contributed by atoms with Gasteiger partial charge in [-0.1, -0.05) is 18.2 Å². The Hall–Kier alpha value is -0.950. The molecule has 21 heavy (non-hydrogen) atoms. The van der Waals surface area contributed by atoms with Gasteiger partial charge in [0.25, 0.3) is 0 Å². The van der Waals surface area contributed by atoms with E-state index in [0.717, 1.165) is 24.9 Å². The second kappa shape index (κ2) is 6.87. The van der Waals surface area contributed by atoms with Gasteiger partial charge in [-0.05, 0) is 45.1 Å². The van der Waals surface area contributed by atoms with Crippen molar-refractivity contribution >= 4 is 10.0 Å². The van der Waals surface area contributed by atoms with Crippen LogP contribution in [0.25, 0.3) is 0 Å². The van der Waals surface area contributed by atoms with Gasteiger partial charge < -0.3 is 10.2 Å². The minimum atomic E-state index is -3.44. The predicted octanol–water partition coefficient (Wildman–Crippen LogP) is 1.12. The standard InChI is InChI=1S/C15H25N3O2S/c1-16-11-13-7-4-5-9-15(13)21(19,20)18(3)12-14-8-6-10-17(14)2/h4-5,7,9,14,16H,6,8,10-12H2,1-3H3. The van der Waals surface area contributed by atoms with Crippen molar-refractivity contribution in [1.82, 2.24) is 14.5 Å². The van der Waals surface area contributed by atoms with Crippen molar-refractivity contribution in [3.8, 4) is 0 Å². The van der Waals surface area contributed by atoms with Crippen molar-refractivity contribution in [2.24, 2.45) is 0 Å². The third-order valence-corrected chi connectivity index (χ3v) is 6.09. The SMILES string of the molecule is CNCc1ccccc1S(=O)(=O)N(C)CC1CCCN1C. The summed E-state index contributed by atoms with van der Waals surface area (Å²) in [5.41, 5.74) is 0.812. The summed E-state index contributed by atoms with van der Waals surface area (Å²) in [5.74, 6) is 0. The zero-order valence-electron chi connectivity index (χ0n) is 13.0. The summed E-state index contributed by atoms with van der Waals surface area (Å²) in [5, 5.41) is 3.02. The summed E-state index contributed by atoms with van der Waals surface area (Å²) in [4.78, 5) is 2.65. The highest BCUT2D eigenvalue weighted by Gasteiger charge is 2.29. The zero-order chi connectivity index (χ0) is 15.5. The van der Waals surface area contributed by atoms with E-state index in [2.05, 4.69) is 17.3 Å². The molecule has 1 aliphatic heterocycles. The number of nitrogens with one attached hydrogen (secondary N) is 1. The lowest BCUT2D eigenvalue weighted by Gasteiger charge is -2.26. The van der Waals surface area contributed by atoms with Gasteiger partial charge in [0.2, 0.25) is 10.0 Å². The average molecular weight is 311 g/mol. The number of sulfonamides is 1. The number of nitrogens with zero attached hydrogens (tertiary/aromatic N) is 2. The Balaban J connectivity index is 2.20. The highest BCUT2D eigenvalue weighted by atomic mass is 32.2. The average Bonchev–Trinajstić information content (AvgIpc) is 2.85. The van der Waals surface area contributed by atoms with Crippen molar-refractivity contribution in [2.75, 3.05) is 34.2 Å². The fraction of sp³-hybridized carbons (Fsp3) is 0.600. The lowest BCUT2D eigenvalue weighted by molar-refractivity contribution is 0.271. The van der Waals surface area contributed by atoms with Crippen LogP contribution in [-0.4, -0.2) is 57.9 Å². The largest absolute Gasteiger partial charge is 0.316 e. The van der Waals surface area contributed by atoms with E-state index >= 15 is 0 Å². The highest BCUT2D eigenvalue weighted by molar-refractivity contribution is 7.89. The van der Waals surface area contributed by atoms with Gasteiger partial charge in [-0.3, -0.25) is 0 Å². The Labute approximate surface area is 128 Å². The Morgan fingerprint density at radius 3 is 2.71 bits per heavy atom. The molecule has 0 bridgehead atoms. The topological polar surface area (TPSA) is 52.7 Å². The molecule has 0 aliphatic carbocycles. The van der Waals surface area contributed by atoms with Crippen LogP contribution in [0.5, 0.6) is 0 Å². The molecule has 0 aromatic heterocycles. The minimum Gasteiger partial charge on any atom is -0.316 e. The summed E-state index contributed by atoms with van der Waals surface area (Å²) in [7, 11) is 2.12. The van der Waals surface area contributed by atoms with Crippen LogP contribution in [0.4, 0.5) is 0 Å². The minimum absolute atomic E-state index is 0.321. The second-order valence-corrected chi connectivity index (χ2v) is 7.71. The molecule has 1 atom stereocenters. The van der Waals surface area contributed by atoms with E-state index in [4.69, 9.17) is 0 Å². The quantitative estimate of drug-likeness (QED) is 0.855. The van der Waals surface area contributed by atoms with Crippen molar-refractivity contribution in [3.63, 3.8) is 0 Å². The predicted molar refractivity (Wildman–Crippen MR) is 84.7 cm³/mol. The number of rotatable bonds is 6. The number of likely N-dealkylation sites (tertiary alicyclic amines) is 1. The highest BCUT2D eigenvalue weighted by Crippen LogP contribution is 2.22. The smallest absolute Gasteiger partial charge is 0.243 e. The van der Waals surface area contributed by atoms with Gasteiger partial charge in [-0.15, -0.1) is 0 Å². The first-order chi connectivity index (χ1) is 9.96. The van der Waals surface area contributed by atoms with E-state index in [0.29, 0.717) is 24.0 Å². The Morgan fingerprint density at radius 1 is 1.38 bits per heavy atom. The van der Waals surface area contributed by atoms with Crippen LogP contribution < -0.4 is 5.32 Å². The van der Waals surface area contributed by atoms with Crippen LogP contribution in [-0.2, 0) is 16.6 Å². The molecule has 1 unspecified atom stereocenters. The van der Waals surface area contributed by atoms with Crippen molar-refractivity contribution in [2.45, 2.75) is 30.3 Å². The lowest BCUT2D eigenvalue weighted by atomic mass is 10.2. The molecule has 6 heteroatoms. The molecule has 118 valence electrons. The van der Waals surface area contributed by atoms with Gasteiger partial charge in [0.1, 0.15) is 0 Å². The van der Waals surface area contributed by atoms with E-state index < -0.39 is 10.0 Å². The molecular weight excluding hydrogens is 286 g/mol. The van der Waals surface area contributed by atoms with Gasteiger partial charge in [-0.25, -0.2) is 8.42 Å². The summed E-state index contributed by atoms with van der Waals surface area (Å²) in [6.07, 6.45) is 2.21. The zero-order valence-corrected chi connectivity index (χ0v) is 13.9. The molecule has 1 N–H and O–H groups in total. The number of hydrogen-bond acceptors (Lipinski definition) is 4. The molecule has 0 spiro atoms. The van der Waals surface area contributed by atoms with Crippen LogP contribution in [0.15, 0.2) is 29.2 Å². The molecular formula is C15H25N3O2S. The second-order valence-electron chi connectivity index (χ2n) is 5.70. The molecule has 0 radical (unpaired) electrons. The maximum atomic E-state index is 12.8. The van der Waals surface area contributed by atoms with E-state index in [9.17, 15) is 8.42 Å². The summed E-state index contributed by atoms with van der Waals surface area (Å²) < 4.78 is 27.1. The van der Waals surface area contributed by atoms with Gasteiger partial charge in [0, 0.05) is 26.2 Å². The molecule has 1 aliphatic rings. The van der Waals surface area contributed by atoms with Gasteiger partial charge >= 0.3 is 0 Å². The third kappa shape index (κ3) is 3.63. The first-order valence-electron chi connectivity index (χ1n) is 7.36. The molecule has 5 nitrogen and oxygen atoms in total. The van der Waals surface area contributed by atoms with E-state index in [1.807, 2.05) is 19.2 Å². The normalized spacial score (nSPS) is 20.3. The molecule has 0 saturated carbocycles. The van der Waals surface area contributed by atoms with Crippen LogP contribution >= 0.6 is 0 Å². The van der Waals surface area contributed by atoms with Crippen LogP contribution in [0.2, 0.25) is 0 Å². The summed E-state index contributed by atoms with van der Waals surface area (Å²) >= 11 is 0. The molecule has 1 saturated heterocycles. The molecule has 1 aromatic rings. The van der Waals surface area contributed by atoms with E-state index in [1.54, 1.807) is 19.2 Å². The fourth-order valence-corrected chi connectivity index (χ4v) is 4.29. The number of benzene rings is 1. The number of hydrogen-bond donors (Lipinski definition) is 1. The van der Waals surface area contributed by atoms with Gasteiger partial charge in [-0.2, -0.15) is 4.31 Å². The van der Waals surface area contributed by atoms with Crippen LogP contribution in [0, 0.1) is 0 Å². The monoisotopic (exact) mass is 311 g/mol. The maximum Gasteiger partial charge on any atom is 0.243 e. The summed E-state index contributed by atoms with van der Waals surface area (Å²) in [6.45, 7) is 2.15. The molecule has 2 rings (SSSR count). The molecule has 0 amide bonds. The number of likely N-dealkylation sites (N-methyl/N-ethyl adjacent to an activating group) is 2. The van der Waals surface area contributed by atoms with Crippen molar-refractivity contribution < 1.29 is 8.42 Å². The Morgan fingerprint density at radius 2 is 2.10 bits per heavy atom. The van der Waals surface area contributed by atoms with Crippen LogP contribution in [0.3, 0.4) is 0 Å². The summed E-state index contributed by atoms with van der Waals surface area (Å²) in [6, 6.07) is 7.52. The van der Waals surface area contributed by atoms with Crippen molar-refractivity contribution in [3.05, 3.63) is 29.8 Å². The van der Waals surface area contributed by atoms with E-state index in [1.165, 1.54) is 4.31 Å². The van der Waals surface area contributed by atoms with Gasteiger partial charge in [0.15, 0.2) is 0 Å². The first kappa shape index (κ1) is 16.4. The van der Waals surface area contributed by atoms with Gasteiger partial charge in [0.05, 0.1) is 4.90 Å².